The average Bonchev–Trinajstić information content (AvgIpc) is 3.60. The van der Waals surface area contributed by atoms with Gasteiger partial charge < -0.3 is 5.32 Å². The molecule has 1 saturated heterocycles. The van der Waals surface area contributed by atoms with Crippen molar-refractivity contribution < 1.29 is 0 Å². The Balaban J connectivity index is 1.09. The minimum Gasteiger partial charge on any atom is -0.311 e. The van der Waals surface area contributed by atoms with Crippen LogP contribution in [0.15, 0.2) is 84.9 Å². The fourth-order valence-corrected chi connectivity index (χ4v) is 4.82. The molecule has 3 aromatic rings. The highest BCUT2D eigenvalue weighted by molar-refractivity contribution is 5.69. The molecule has 0 aromatic heterocycles. The summed E-state index contributed by atoms with van der Waals surface area (Å²) < 4.78 is 0. The Morgan fingerprint density at radius 2 is 1.45 bits per heavy atom. The molecule has 1 aliphatic carbocycles. The summed E-state index contributed by atoms with van der Waals surface area (Å²) in [6.07, 6.45) is 8.22. The van der Waals surface area contributed by atoms with E-state index in [1.165, 1.54) is 54.6 Å². The van der Waals surface area contributed by atoms with E-state index in [0.717, 1.165) is 12.5 Å². The van der Waals surface area contributed by atoms with Crippen LogP contribution in [0.25, 0.3) is 12.2 Å². The molecule has 0 bridgehead atoms. The third-order valence-corrected chi connectivity index (χ3v) is 6.68. The second-order valence-corrected chi connectivity index (χ2v) is 9.07. The SMILES string of the molecule is C(=C\c1cccc(CN2CCC(N[C@@H]3C[C@H]3c3ccccc3)CC2)c1)/c1ccccc1. The Morgan fingerprint density at radius 1 is 0.774 bits per heavy atom. The molecule has 2 atom stereocenters. The molecule has 2 nitrogen and oxygen atoms in total. The molecule has 0 unspecified atom stereocenters. The van der Waals surface area contributed by atoms with Gasteiger partial charge in [-0.25, -0.2) is 0 Å². The molecule has 2 aliphatic rings. The van der Waals surface area contributed by atoms with Gasteiger partial charge in [-0.2, -0.15) is 0 Å². The fraction of sp³-hybridized carbons (Fsp3) is 0.310. The second kappa shape index (κ2) is 9.64. The van der Waals surface area contributed by atoms with Crippen molar-refractivity contribution in [3.8, 4) is 0 Å². The first-order valence-corrected chi connectivity index (χ1v) is 11.7. The quantitative estimate of drug-likeness (QED) is 0.485. The minimum atomic E-state index is 0.676. The monoisotopic (exact) mass is 408 g/mol. The van der Waals surface area contributed by atoms with E-state index in [-0.39, 0.29) is 0 Å². The molecule has 1 N–H and O–H groups in total. The molecule has 5 rings (SSSR count). The molecule has 0 spiro atoms. The van der Waals surface area contributed by atoms with Crippen molar-refractivity contribution in [2.24, 2.45) is 0 Å². The number of nitrogens with zero attached hydrogens (tertiary/aromatic N) is 1. The van der Waals surface area contributed by atoms with Gasteiger partial charge in [-0.15, -0.1) is 0 Å². The minimum absolute atomic E-state index is 0.676. The molecule has 0 radical (unpaired) electrons. The van der Waals surface area contributed by atoms with Crippen LogP contribution in [0.1, 0.15) is 47.4 Å². The topological polar surface area (TPSA) is 15.3 Å². The zero-order valence-corrected chi connectivity index (χ0v) is 18.2. The first-order chi connectivity index (χ1) is 15.3. The number of hydrogen-bond acceptors (Lipinski definition) is 2. The highest BCUT2D eigenvalue weighted by atomic mass is 15.1. The average molecular weight is 409 g/mol. The number of piperidine rings is 1. The normalized spacial score (nSPS) is 22.1. The maximum absolute atomic E-state index is 3.93. The Labute approximate surface area is 186 Å². The standard InChI is InChI=1S/C29H32N2/c1-3-8-23(9-4-1)14-15-24-10-7-11-25(20-24)22-31-18-16-27(17-19-31)30-29-21-28(29)26-12-5-2-6-13-26/h1-15,20,27-30H,16-19,21-22H2/b15-14+/t28-,29+/m0/s1. The van der Waals surface area contributed by atoms with Crippen LogP contribution >= 0.6 is 0 Å². The van der Waals surface area contributed by atoms with Crippen LogP contribution in [0.2, 0.25) is 0 Å². The molecule has 2 fully saturated rings. The van der Waals surface area contributed by atoms with Crippen molar-refractivity contribution in [2.75, 3.05) is 13.1 Å². The lowest BCUT2D eigenvalue weighted by Crippen LogP contribution is -2.43. The molecular weight excluding hydrogens is 376 g/mol. The summed E-state index contributed by atoms with van der Waals surface area (Å²) in [5.41, 5.74) is 5.43. The Bertz CT molecular complexity index is 988. The van der Waals surface area contributed by atoms with Gasteiger partial charge in [-0.05, 0) is 54.6 Å². The summed E-state index contributed by atoms with van der Waals surface area (Å²) in [5.74, 6) is 0.728. The molecule has 1 heterocycles. The summed E-state index contributed by atoms with van der Waals surface area (Å²) in [6, 6.07) is 31.8. The highest BCUT2D eigenvalue weighted by Crippen LogP contribution is 2.41. The summed E-state index contributed by atoms with van der Waals surface area (Å²) in [4.78, 5) is 2.61. The lowest BCUT2D eigenvalue weighted by molar-refractivity contribution is 0.189. The number of rotatable bonds is 7. The van der Waals surface area contributed by atoms with Gasteiger partial charge in [-0.3, -0.25) is 4.90 Å². The maximum Gasteiger partial charge on any atom is 0.0233 e. The third-order valence-electron chi connectivity index (χ3n) is 6.68. The van der Waals surface area contributed by atoms with E-state index in [0.29, 0.717) is 12.1 Å². The van der Waals surface area contributed by atoms with Crippen LogP contribution in [0.3, 0.4) is 0 Å². The second-order valence-electron chi connectivity index (χ2n) is 9.07. The molecule has 3 aromatic carbocycles. The Hall–Kier alpha value is -2.68. The van der Waals surface area contributed by atoms with Gasteiger partial charge in [0.1, 0.15) is 0 Å². The largest absolute Gasteiger partial charge is 0.311 e. The Morgan fingerprint density at radius 3 is 2.23 bits per heavy atom. The van der Waals surface area contributed by atoms with Gasteiger partial charge >= 0.3 is 0 Å². The number of nitrogens with one attached hydrogen (secondary N) is 1. The lowest BCUT2D eigenvalue weighted by atomic mass is 10.0. The van der Waals surface area contributed by atoms with Crippen molar-refractivity contribution in [1.29, 1.82) is 0 Å². The molecule has 1 saturated carbocycles. The third kappa shape index (κ3) is 5.52. The van der Waals surface area contributed by atoms with Crippen LogP contribution in [-0.4, -0.2) is 30.1 Å². The maximum atomic E-state index is 3.93. The van der Waals surface area contributed by atoms with Gasteiger partial charge in [0.2, 0.25) is 0 Å². The molecule has 158 valence electrons. The van der Waals surface area contributed by atoms with E-state index in [2.05, 4.69) is 107 Å². The Kier molecular flexibility index (Phi) is 6.29. The number of hydrogen-bond donors (Lipinski definition) is 1. The van der Waals surface area contributed by atoms with Crippen LogP contribution < -0.4 is 5.32 Å². The van der Waals surface area contributed by atoms with Crippen molar-refractivity contribution in [3.63, 3.8) is 0 Å². The van der Waals surface area contributed by atoms with Gasteiger partial charge in [0.05, 0.1) is 0 Å². The first-order valence-electron chi connectivity index (χ1n) is 11.7. The van der Waals surface area contributed by atoms with E-state index in [4.69, 9.17) is 0 Å². The van der Waals surface area contributed by atoms with E-state index in [9.17, 15) is 0 Å². The van der Waals surface area contributed by atoms with Crippen LogP contribution in [0.4, 0.5) is 0 Å². The van der Waals surface area contributed by atoms with E-state index in [1.54, 1.807) is 0 Å². The van der Waals surface area contributed by atoms with Crippen LogP contribution in [0.5, 0.6) is 0 Å². The summed E-state index contributed by atoms with van der Waals surface area (Å²) >= 11 is 0. The predicted octanol–water partition coefficient (Wildman–Crippen LogP) is 5.97. The van der Waals surface area contributed by atoms with Crippen LogP contribution in [0, 0.1) is 0 Å². The highest BCUT2D eigenvalue weighted by Gasteiger charge is 2.39. The number of benzene rings is 3. The van der Waals surface area contributed by atoms with Crippen molar-refractivity contribution in [2.45, 2.75) is 43.8 Å². The van der Waals surface area contributed by atoms with E-state index < -0.39 is 0 Å². The van der Waals surface area contributed by atoms with Crippen molar-refractivity contribution >= 4 is 12.2 Å². The van der Waals surface area contributed by atoms with Crippen LogP contribution in [-0.2, 0) is 6.54 Å². The molecular formula is C29H32N2. The zero-order valence-electron chi connectivity index (χ0n) is 18.2. The summed E-state index contributed by atoms with van der Waals surface area (Å²) in [5, 5.41) is 3.93. The number of likely N-dealkylation sites (tertiary alicyclic amines) is 1. The molecule has 0 amide bonds. The van der Waals surface area contributed by atoms with E-state index in [1.807, 2.05) is 0 Å². The summed E-state index contributed by atoms with van der Waals surface area (Å²) in [7, 11) is 0. The van der Waals surface area contributed by atoms with Gasteiger partial charge in [0.25, 0.3) is 0 Å². The van der Waals surface area contributed by atoms with E-state index >= 15 is 0 Å². The first kappa shape index (κ1) is 20.2. The smallest absolute Gasteiger partial charge is 0.0233 e. The molecule has 31 heavy (non-hydrogen) atoms. The van der Waals surface area contributed by atoms with Gasteiger partial charge in [0, 0.05) is 24.5 Å². The molecule has 2 heteroatoms. The molecule has 1 aliphatic heterocycles. The fourth-order valence-electron chi connectivity index (χ4n) is 4.82. The predicted molar refractivity (Wildman–Crippen MR) is 131 cm³/mol. The van der Waals surface area contributed by atoms with Crippen molar-refractivity contribution in [1.82, 2.24) is 10.2 Å². The zero-order chi connectivity index (χ0) is 20.9. The van der Waals surface area contributed by atoms with Gasteiger partial charge in [0.15, 0.2) is 0 Å². The van der Waals surface area contributed by atoms with Crippen molar-refractivity contribution in [3.05, 3.63) is 107 Å². The summed E-state index contributed by atoms with van der Waals surface area (Å²) in [6.45, 7) is 3.42. The van der Waals surface area contributed by atoms with Gasteiger partial charge in [-0.1, -0.05) is 97.1 Å². The lowest BCUT2D eigenvalue weighted by Gasteiger charge is -2.32.